The number of aromatic nitrogens is 2. The minimum absolute atomic E-state index is 0.228. The van der Waals surface area contributed by atoms with Crippen molar-refractivity contribution in [2.75, 3.05) is 13.7 Å². The summed E-state index contributed by atoms with van der Waals surface area (Å²) >= 11 is 5.62. The summed E-state index contributed by atoms with van der Waals surface area (Å²) in [5, 5.41) is 8.24. The average Bonchev–Trinajstić information content (AvgIpc) is 3.26. The van der Waals surface area contributed by atoms with E-state index in [0.29, 0.717) is 23.4 Å². The molecule has 3 aromatic rings. The second-order valence-corrected chi connectivity index (χ2v) is 7.23. The minimum Gasteiger partial charge on any atom is -0.497 e. The van der Waals surface area contributed by atoms with Gasteiger partial charge in [0.15, 0.2) is 5.11 Å². The average molecular weight is 419 g/mol. The van der Waals surface area contributed by atoms with E-state index in [9.17, 15) is 0 Å². The van der Waals surface area contributed by atoms with E-state index in [1.807, 2.05) is 72.5 Å². The summed E-state index contributed by atoms with van der Waals surface area (Å²) in [7, 11) is 1.65. The van der Waals surface area contributed by atoms with Gasteiger partial charge in [0, 0.05) is 17.8 Å². The molecule has 1 aliphatic heterocycles. The van der Waals surface area contributed by atoms with E-state index in [1.54, 1.807) is 7.11 Å². The molecule has 1 atom stereocenters. The second-order valence-electron chi connectivity index (χ2n) is 6.84. The standard InChI is InChI=1S/C23H22N4O2S/c1-4-14-27-15(2)19(22-25-21(26-29-22)17-8-6-5-7-9-17)20(24-23(27)30)16-10-12-18(28-3)13-11-16/h4-13,20H,1,14H2,2-3H3,(H,24,30). The highest BCUT2D eigenvalue weighted by atomic mass is 32.1. The Morgan fingerprint density at radius 2 is 1.93 bits per heavy atom. The van der Waals surface area contributed by atoms with E-state index in [-0.39, 0.29) is 6.04 Å². The lowest BCUT2D eigenvalue weighted by Gasteiger charge is -2.36. The highest BCUT2D eigenvalue weighted by Gasteiger charge is 2.33. The van der Waals surface area contributed by atoms with Crippen molar-refractivity contribution >= 4 is 22.9 Å². The van der Waals surface area contributed by atoms with Gasteiger partial charge in [0.1, 0.15) is 5.75 Å². The Hall–Kier alpha value is -3.45. The summed E-state index contributed by atoms with van der Waals surface area (Å²) in [5.74, 6) is 1.79. The van der Waals surface area contributed by atoms with Crippen LogP contribution in [0.2, 0.25) is 0 Å². The molecule has 1 aliphatic rings. The number of methoxy groups -OCH3 is 1. The van der Waals surface area contributed by atoms with E-state index in [4.69, 9.17) is 21.5 Å². The van der Waals surface area contributed by atoms with Crippen LogP contribution < -0.4 is 10.1 Å². The van der Waals surface area contributed by atoms with Gasteiger partial charge in [-0.2, -0.15) is 4.98 Å². The van der Waals surface area contributed by atoms with Crippen LogP contribution in [0.15, 0.2) is 77.5 Å². The molecule has 0 radical (unpaired) electrons. The van der Waals surface area contributed by atoms with Gasteiger partial charge in [-0.15, -0.1) is 6.58 Å². The molecule has 0 aliphatic carbocycles. The topological polar surface area (TPSA) is 63.4 Å². The summed E-state index contributed by atoms with van der Waals surface area (Å²) in [6, 6.07) is 17.4. The highest BCUT2D eigenvalue weighted by molar-refractivity contribution is 7.80. The van der Waals surface area contributed by atoms with Crippen molar-refractivity contribution in [1.29, 1.82) is 0 Å². The maximum Gasteiger partial charge on any atom is 0.258 e. The Morgan fingerprint density at radius 3 is 2.60 bits per heavy atom. The summed E-state index contributed by atoms with van der Waals surface area (Å²) in [6.45, 7) is 6.43. The smallest absolute Gasteiger partial charge is 0.258 e. The van der Waals surface area contributed by atoms with Crippen LogP contribution in [0.4, 0.5) is 0 Å². The number of ether oxygens (including phenoxy) is 1. The van der Waals surface area contributed by atoms with Crippen LogP contribution in [0.5, 0.6) is 5.75 Å². The van der Waals surface area contributed by atoms with Crippen molar-refractivity contribution in [2.45, 2.75) is 13.0 Å². The summed E-state index contributed by atoms with van der Waals surface area (Å²) in [5.41, 5.74) is 3.74. The SMILES string of the molecule is C=CCN1C(=S)NC(c2ccc(OC)cc2)C(c2nc(-c3ccccc3)no2)=C1C. The quantitative estimate of drug-likeness (QED) is 0.464. The molecule has 1 unspecified atom stereocenters. The fourth-order valence-corrected chi connectivity index (χ4v) is 3.82. The third kappa shape index (κ3) is 3.71. The van der Waals surface area contributed by atoms with Gasteiger partial charge in [0.25, 0.3) is 5.89 Å². The highest BCUT2D eigenvalue weighted by Crippen LogP contribution is 2.37. The number of hydrogen-bond donors (Lipinski definition) is 1. The van der Waals surface area contributed by atoms with Crippen LogP contribution in [-0.2, 0) is 0 Å². The maximum atomic E-state index is 5.71. The zero-order chi connectivity index (χ0) is 21.1. The van der Waals surface area contributed by atoms with Crippen LogP contribution in [0.3, 0.4) is 0 Å². The lowest BCUT2D eigenvalue weighted by atomic mass is 9.94. The van der Waals surface area contributed by atoms with Crippen molar-refractivity contribution in [3.05, 3.63) is 84.4 Å². The largest absolute Gasteiger partial charge is 0.497 e. The van der Waals surface area contributed by atoms with Crippen molar-refractivity contribution < 1.29 is 9.26 Å². The summed E-state index contributed by atoms with van der Waals surface area (Å²) < 4.78 is 11.0. The minimum atomic E-state index is -0.228. The number of benzene rings is 2. The fourth-order valence-electron chi connectivity index (χ4n) is 3.49. The molecule has 30 heavy (non-hydrogen) atoms. The monoisotopic (exact) mass is 418 g/mol. The van der Waals surface area contributed by atoms with Gasteiger partial charge in [-0.1, -0.05) is 53.7 Å². The van der Waals surface area contributed by atoms with Gasteiger partial charge in [0.2, 0.25) is 5.82 Å². The molecule has 0 fully saturated rings. The molecule has 0 saturated heterocycles. The first kappa shape index (κ1) is 19.8. The lowest BCUT2D eigenvalue weighted by molar-refractivity contribution is 0.399. The van der Waals surface area contributed by atoms with Crippen molar-refractivity contribution in [1.82, 2.24) is 20.4 Å². The van der Waals surface area contributed by atoms with Crippen molar-refractivity contribution in [3.8, 4) is 17.1 Å². The normalized spacial score (nSPS) is 16.4. The number of thiocarbonyl (C=S) groups is 1. The summed E-state index contributed by atoms with van der Waals surface area (Å²) in [4.78, 5) is 6.66. The lowest BCUT2D eigenvalue weighted by Crippen LogP contribution is -2.45. The van der Waals surface area contributed by atoms with E-state index in [1.165, 1.54) is 0 Å². The predicted molar refractivity (Wildman–Crippen MR) is 121 cm³/mol. The molecule has 0 spiro atoms. The Balaban J connectivity index is 1.81. The Morgan fingerprint density at radius 1 is 1.20 bits per heavy atom. The fraction of sp³-hybridized carbons (Fsp3) is 0.174. The van der Waals surface area contributed by atoms with Gasteiger partial charge in [-0.05, 0) is 36.8 Å². The molecule has 4 rings (SSSR count). The Kier molecular flexibility index (Phi) is 5.63. The molecule has 2 aromatic carbocycles. The van der Waals surface area contributed by atoms with Crippen LogP contribution in [0, 0.1) is 0 Å². The Bertz CT molecular complexity index is 1090. The van der Waals surface area contributed by atoms with Gasteiger partial charge in [-0.25, -0.2) is 0 Å². The zero-order valence-corrected chi connectivity index (χ0v) is 17.6. The number of rotatable bonds is 6. The van der Waals surface area contributed by atoms with Crippen LogP contribution in [-0.4, -0.2) is 33.8 Å². The van der Waals surface area contributed by atoms with Crippen LogP contribution >= 0.6 is 12.2 Å². The molecule has 6 nitrogen and oxygen atoms in total. The second kappa shape index (κ2) is 8.51. The van der Waals surface area contributed by atoms with Gasteiger partial charge >= 0.3 is 0 Å². The summed E-state index contributed by atoms with van der Waals surface area (Å²) in [6.07, 6.45) is 1.81. The molecule has 1 N–H and O–H groups in total. The number of hydrogen-bond acceptors (Lipinski definition) is 5. The molecule has 1 aromatic heterocycles. The van der Waals surface area contributed by atoms with Crippen molar-refractivity contribution in [3.63, 3.8) is 0 Å². The Labute approximate surface area is 180 Å². The third-order valence-electron chi connectivity index (χ3n) is 5.05. The van der Waals surface area contributed by atoms with Gasteiger partial charge in [-0.3, -0.25) is 0 Å². The molecule has 0 bridgehead atoms. The van der Waals surface area contributed by atoms with E-state index in [0.717, 1.165) is 28.1 Å². The molecule has 7 heteroatoms. The van der Waals surface area contributed by atoms with E-state index < -0.39 is 0 Å². The first-order chi connectivity index (χ1) is 14.6. The molecule has 0 amide bonds. The van der Waals surface area contributed by atoms with Crippen LogP contribution in [0.1, 0.15) is 24.4 Å². The molecule has 0 saturated carbocycles. The molecular formula is C23H22N4O2S. The first-order valence-electron chi connectivity index (χ1n) is 9.55. The van der Waals surface area contributed by atoms with E-state index in [2.05, 4.69) is 22.0 Å². The third-order valence-corrected chi connectivity index (χ3v) is 5.38. The molecular weight excluding hydrogens is 396 g/mol. The van der Waals surface area contributed by atoms with Crippen molar-refractivity contribution in [2.24, 2.45) is 0 Å². The maximum absolute atomic E-state index is 5.71. The zero-order valence-electron chi connectivity index (χ0n) is 16.8. The molecule has 152 valence electrons. The van der Waals surface area contributed by atoms with Gasteiger partial charge in [0.05, 0.1) is 18.7 Å². The van der Waals surface area contributed by atoms with Gasteiger partial charge < -0.3 is 19.5 Å². The molecule has 2 heterocycles. The van der Waals surface area contributed by atoms with Crippen LogP contribution in [0.25, 0.3) is 17.0 Å². The predicted octanol–water partition coefficient (Wildman–Crippen LogP) is 4.59. The number of allylic oxidation sites excluding steroid dienone is 1. The number of nitrogens with one attached hydrogen (secondary N) is 1. The van der Waals surface area contributed by atoms with E-state index >= 15 is 0 Å². The number of nitrogens with zero attached hydrogens (tertiary/aromatic N) is 3. The first-order valence-corrected chi connectivity index (χ1v) is 9.96.